The molecule has 0 aliphatic carbocycles. The SMILES string of the molecule is O=C1[C@H]2[C@@H](C(=O)N1c1ccc(F)cc1)[C@@]1(C(=O)Nc3ccc(F)cc31)N1CCC[C@@H]21. The first kappa shape index (κ1) is 17.7. The van der Waals surface area contributed by atoms with Crippen LogP contribution in [-0.2, 0) is 19.9 Å². The van der Waals surface area contributed by atoms with Crippen LogP contribution in [0, 0.1) is 23.5 Å². The number of amides is 3. The Bertz CT molecular complexity index is 1130. The van der Waals surface area contributed by atoms with E-state index in [2.05, 4.69) is 5.32 Å². The first-order valence-electron chi connectivity index (χ1n) is 9.96. The van der Waals surface area contributed by atoms with E-state index >= 15 is 0 Å². The summed E-state index contributed by atoms with van der Waals surface area (Å²) in [6.45, 7) is 0.554. The molecule has 6 nitrogen and oxygen atoms in total. The highest BCUT2D eigenvalue weighted by atomic mass is 19.1. The second kappa shape index (κ2) is 5.72. The zero-order valence-electron chi connectivity index (χ0n) is 15.8. The van der Waals surface area contributed by atoms with E-state index in [-0.39, 0.29) is 17.6 Å². The molecule has 0 radical (unpaired) electrons. The summed E-state index contributed by atoms with van der Waals surface area (Å²) in [6.07, 6.45) is 1.46. The summed E-state index contributed by atoms with van der Waals surface area (Å²) in [5.74, 6) is -3.92. The lowest BCUT2D eigenvalue weighted by Crippen LogP contribution is -2.54. The Morgan fingerprint density at radius 2 is 1.70 bits per heavy atom. The molecule has 4 heterocycles. The number of carbonyl (C=O) groups excluding carboxylic acids is 3. The van der Waals surface area contributed by atoms with Crippen molar-refractivity contribution in [2.45, 2.75) is 24.4 Å². The maximum atomic E-state index is 14.2. The lowest BCUT2D eigenvalue weighted by Gasteiger charge is -2.36. The topological polar surface area (TPSA) is 69.7 Å². The van der Waals surface area contributed by atoms with Gasteiger partial charge in [0, 0.05) is 17.3 Å². The van der Waals surface area contributed by atoms with Gasteiger partial charge in [-0.3, -0.25) is 19.3 Å². The van der Waals surface area contributed by atoms with E-state index in [1.807, 2.05) is 4.90 Å². The van der Waals surface area contributed by atoms with Crippen LogP contribution in [0.4, 0.5) is 20.2 Å². The Balaban J connectivity index is 1.56. The molecule has 152 valence electrons. The number of anilines is 2. The van der Waals surface area contributed by atoms with Crippen LogP contribution in [0.5, 0.6) is 0 Å². The number of hydrogen-bond acceptors (Lipinski definition) is 4. The van der Waals surface area contributed by atoms with Crippen molar-refractivity contribution in [3.05, 3.63) is 59.7 Å². The average molecular weight is 409 g/mol. The minimum Gasteiger partial charge on any atom is -0.324 e. The largest absolute Gasteiger partial charge is 0.324 e. The van der Waals surface area contributed by atoms with E-state index in [1.54, 1.807) is 0 Å². The minimum atomic E-state index is -1.41. The van der Waals surface area contributed by atoms with Gasteiger partial charge in [0.1, 0.15) is 17.2 Å². The number of nitrogens with zero attached hydrogens (tertiary/aromatic N) is 2. The van der Waals surface area contributed by atoms with Crippen molar-refractivity contribution in [2.24, 2.45) is 11.8 Å². The van der Waals surface area contributed by atoms with Gasteiger partial charge >= 0.3 is 0 Å². The standard InChI is InChI=1S/C22H17F2N3O3/c23-11-3-6-13(7-4-11)27-19(28)17-16-2-1-9-26(16)22(18(17)20(27)29)14-10-12(24)5-8-15(14)25-21(22)30/h3-8,10,16-18H,1-2,9H2,(H,25,30)/t16-,17+,18-,22-/m0/s1. The number of halogens is 2. The van der Waals surface area contributed by atoms with Crippen molar-refractivity contribution in [1.82, 2.24) is 4.90 Å². The predicted octanol–water partition coefficient (Wildman–Crippen LogP) is 2.40. The summed E-state index contributed by atoms with van der Waals surface area (Å²) >= 11 is 0. The van der Waals surface area contributed by atoms with E-state index in [0.717, 1.165) is 11.3 Å². The quantitative estimate of drug-likeness (QED) is 0.735. The summed E-state index contributed by atoms with van der Waals surface area (Å²) in [4.78, 5) is 43.4. The van der Waals surface area contributed by atoms with Gasteiger partial charge in [0.05, 0.1) is 17.5 Å². The van der Waals surface area contributed by atoms with Crippen LogP contribution in [0.3, 0.4) is 0 Å². The van der Waals surface area contributed by atoms with Gasteiger partial charge in [0.25, 0.3) is 0 Å². The van der Waals surface area contributed by atoms with Gasteiger partial charge in [-0.25, -0.2) is 13.7 Å². The second-order valence-electron chi connectivity index (χ2n) is 8.31. The Labute approximate surface area is 170 Å². The molecule has 8 heteroatoms. The molecule has 0 bridgehead atoms. The Kier molecular flexibility index (Phi) is 3.38. The lowest BCUT2D eigenvalue weighted by molar-refractivity contribution is -0.135. The van der Waals surface area contributed by atoms with Crippen LogP contribution in [-0.4, -0.2) is 35.2 Å². The van der Waals surface area contributed by atoms with Crippen LogP contribution < -0.4 is 10.2 Å². The summed E-state index contributed by atoms with van der Waals surface area (Å²) in [6, 6.07) is 8.91. The third-order valence-electron chi connectivity index (χ3n) is 7.04. The van der Waals surface area contributed by atoms with E-state index < -0.39 is 40.8 Å². The minimum absolute atomic E-state index is 0.276. The number of fused-ring (bicyclic) bond motifs is 7. The molecule has 6 rings (SSSR count). The van der Waals surface area contributed by atoms with E-state index in [9.17, 15) is 23.2 Å². The number of rotatable bonds is 1. The Morgan fingerprint density at radius 1 is 0.967 bits per heavy atom. The highest BCUT2D eigenvalue weighted by Crippen LogP contribution is 2.60. The monoisotopic (exact) mass is 409 g/mol. The molecule has 4 aliphatic heterocycles. The summed E-state index contributed by atoms with van der Waals surface area (Å²) < 4.78 is 27.6. The summed E-state index contributed by atoms with van der Waals surface area (Å²) in [5, 5.41) is 2.80. The van der Waals surface area contributed by atoms with Crippen molar-refractivity contribution in [3.8, 4) is 0 Å². The number of hydrogen-bond donors (Lipinski definition) is 1. The fourth-order valence-electron chi connectivity index (χ4n) is 6.02. The highest BCUT2D eigenvalue weighted by Gasteiger charge is 2.74. The van der Waals surface area contributed by atoms with Gasteiger partial charge in [-0.15, -0.1) is 0 Å². The third-order valence-corrected chi connectivity index (χ3v) is 7.04. The van der Waals surface area contributed by atoms with E-state index in [1.165, 1.54) is 42.5 Å². The number of imide groups is 1. The van der Waals surface area contributed by atoms with Crippen LogP contribution in [0.15, 0.2) is 42.5 Å². The van der Waals surface area contributed by atoms with Crippen molar-refractivity contribution < 1.29 is 23.2 Å². The van der Waals surface area contributed by atoms with Crippen molar-refractivity contribution in [1.29, 1.82) is 0 Å². The van der Waals surface area contributed by atoms with Crippen molar-refractivity contribution in [2.75, 3.05) is 16.8 Å². The molecule has 4 aliphatic rings. The normalized spacial score (nSPS) is 32.0. The van der Waals surface area contributed by atoms with Gasteiger partial charge in [-0.1, -0.05) is 0 Å². The van der Waals surface area contributed by atoms with Gasteiger partial charge in [0.2, 0.25) is 17.7 Å². The molecule has 4 atom stereocenters. The van der Waals surface area contributed by atoms with Gasteiger partial charge in [0.15, 0.2) is 0 Å². The first-order chi connectivity index (χ1) is 14.4. The van der Waals surface area contributed by atoms with Gasteiger partial charge in [-0.2, -0.15) is 0 Å². The maximum absolute atomic E-state index is 14.2. The maximum Gasteiger partial charge on any atom is 0.250 e. The molecular weight excluding hydrogens is 392 g/mol. The summed E-state index contributed by atoms with van der Waals surface area (Å²) in [5.41, 5.74) is -0.259. The summed E-state index contributed by atoms with van der Waals surface area (Å²) in [7, 11) is 0. The van der Waals surface area contributed by atoms with Gasteiger partial charge < -0.3 is 5.32 Å². The molecule has 3 amide bonds. The predicted molar refractivity (Wildman–Crippen MR) is 102 cm³/mol. The molecule has 1 spiro atoms. The molecule has 1 N–H and O–H groups in total. The Hall–Kier alpha value is -3.13. The molecule has 0 aromatic heterocycles. The van der Waals surface area contributed by atoms with Crippen molar-refractivity contribution >= 4 is 29.1 Å². The highest BCUT2D eigenvalue weighted by molar-refractivity contribution is 6.25. The molecular formula is C22H17F2N3O3. The third kappa shape index (κ3) is 1.92. The molecule has 0 saturated carbocycles. The molecule has 30 heavy (non-hydrogen) atoms. The fourth-order valence-corrected chi connectivity index (χ4v) is 6.02. The smallest absolute Gasteiger partial charge is 0.250 e. The van der Waals surface area contributed by atoms with E-state index in [4.69, 9.17) is 0 Å². The molecule has 3 saturated heterocycles. The number of benzene rings is 2. The molecule has 2 aromatic carbocycles. The van der Waals surface area contributed by atoms with Crippen LogP contribution in [0.2, 0.25) is 0 Å². The van der Waals surface area contributed by atoms with E-state index in [0.29, 0.717) is 24.2 Å². The number of nitrogens with one attached hydrogen (secondary N) is 1. The molecule has 3 fully saturated rings. The second-order valence-corrected chi connectivity index (χ2v) is 8.31. The van der Waals surface area contributed by atoms with Crippen LogP contribution in [0.25, 0.3) is 0 Å². The molecule has 2 aromatic rings. The van der Waals surface area contributed by atoms with Gasteiger partial charge in [-0.05, 0) is 61.9 Å². The lowest BCUT2D eigenvalue weighted by atomic mass is 9.75. The van der Waals surface area contributed by atoms with Crippen LogP contribution in [0.1, 0.15) is 18.4 Å². The van der Waals surface area contributed by atoms with Crippen LogP contribution >= 0.6 is 0 Å². The zero-order valence-corrected chi connectivity index (χ0v) is 15.8. The fraction of sp³-hybridized carbons (Fsp3) is 0.318. The Morgan fingerprint density at radius 3 is 2.47 bits per heavy atom. The first-order valence-corrected chi connectivity index (χ1v) is 9.96. The van der Waals surface area contributed by atoms with Crippen molar-refractivity contribution in [3.63, 3.8) is 0 Å². The average Bonchev–Trinajstić information content (AvgIpc) is 3.42. The number of carbonyl (C=O) groups is 3. The molecule has 0 unspecified atom stereocenters. The zero-order chi connectivity index (χ0) is 20.8.